The first-order valence-corrected chi connectivity index (χ1v) is 12.5. The number of methoxy groups -OCH3 is 2. The minimum Gasteiger partial charge on any atom is -0.504 e. The fourth-order valence-corrected chi connectivity index (χ4v) is 5.72. The molecule has 10 nitrogen and oxygen atoms in total. The highest BCUT2D eigenvalue weighted by Gasteiger charge is 2.59. The molecule has 2 heterocycles. The number of hydrogen-bond donors (Lipinski definition) is 1. The summed E-state index contributed by atoms with van der Waals surface area (Å²) in [6, 6.07) is 13.6. The molecule has 4 atom stereocenters. The Morgan fingerprint density at radius 1 is 1.08 bits per heavy atom. The minimum absolute atomic E-state index is 0.00250. The molecular formula is C25H26N2O8S. The third kappa shape index (κ3) is 5.35. The zero-order valence-corrected chi connectivity index (χ0v) is 20.6. The van der Waals surface area contributed by atoms with Crippen molar-refractivity contribution < 1.29 is 37.5 Å². The van der Waals surface area contributed by atoms with E-state index >= 15 is 0 Å². The summed E-state index contributed by atoms with van der Waals surface area (Å²) >= 11 is 0. The van der Waals surface area contributed by atoms with Crippen LogP contribution in [0.15, 0.2) is 66.4 Å². The first-order chi connectivity index (χ1) is 17.4. The van der Waals surface area contributed by atoms with Gasteiger partial charge in [-0.25, -0.2) is 4.79 Å². The zero-order valence-electron chi connectivity index (χ0n) is 19.7. The maximum atomic E-state index is 13.1. The molecule has 11 heteroatoms. The smallest absolute Gasteiger partial charge is 0.333 e. The van der Waals surface area contributed by atoms with Gasteiger partial charge in [-0.2, -0.15) is 0 Å². The molecule has 0 aromatic heterocycles. The minimum atomic E-state index is -1.57. The van der Waals surface area contributed by atoms with E-state index in [9.17, 15) is 18.6 Å². The number of ether oxygens (including phenoxy) is 4. The number of rotatable bonds is 9. The highest BCUT2D eigenvalue weighted by molar-refractivity contribution is 7.86. The Balaban J connectivity index is 1.42. The van der Waals surface area contributed by atoms with Crippen molar-refractivity contribution in [3.63, 3.8) is 0 Å². The van der Waals surface area contributed by atoms with Gasteiger partial charge in [0.05, 0.1) is 37.0 Å². The molecule has 2 saturated heterocycles. The van der Waals surface area contributed by atoms with E-state index < -0.39 is 46.0 Å². The number of nitrogens with zero attached hydrogens (tertiary/aromatic N) is 1. The van der Waals surface area contributed by atoms with Crippen LogP contribution in [0.2, 0.25) is 0 Å². The number of para-hydroxylation sites is 1. The Bertz CT molecular complexity index is 1170. The van der Waals surface area contributed by atoms with Crippen molar-refractivity contribution in [1.29, 1.82) is 0 Å². The fraction of sp³-hybridized carbons (Fsp3) is 0.320. The maximum Gasteiger partial charge on any atom is 0.333 e. The lowest BCUT2D eigenvalue weighted by atomic mass is 9.98. The summed E-state index contributed by atoms with van der Waals surface area (Å²) in [4.78, 5) is 39.7. The second-order valence-corrected chi connectivity index (χ2v) is 9.63. The molecule has 1 N–H and O–H groups in total. The molecule has 2 aliphatic heterocycles. The number of fused-ring (bicyclic) bond motifs is 1. The molecule has 0 aliphatic carbocycles. The summed E-state index contributed by atoms with van der Waals surface area (Å²) in [5.41, 5.74) is 1.09. The van der Waals surface area contributed by atoms with Crippen LogP contribution in [0.25, 0.3) is 0 Å². The van der Waals surface area contributed by atoms with Crippen LogP contribution in [0.4, 0.5) is 0 Å². The van der Waals surface area contributed by atoms with Crippen molar-refractivity contribution in [3.8, 4) is 11.5 Å². The first kappa shape index (κ1) is 25.2. The lowest BCUT2D eigenvalue weighted by Gasteiger charge is -2.52. The van der Waals surface area contributed by atoms with Crippen LogP contribution in [0.1, 0.15) is 5.56 Å². The van der Waals surface area contributed by atoms with Crippen molar-refractivity contribution in [1.82, 2.24) is 10.2 Å². The van der Waals surface area contributed by atoms with E-state index in [1.54, 1.807) is 55.6 Å². The lowest BCUT2D eigenvalue weighted by Crippen LogP contribution is -2.77. The van der Waals surface area contributed by atoms with E-state index in [1.165, 1.54) is 18.3 Å². The molecule has 2 fully saturated rings. The molecule has 2 aromatic rings. The molecule has 36 heavy (non-hydrogen) atoms. The highest BCUT2D eigenvalue weighted by Crippen LogP contribution is 2.35. The Morgan fingerprint density at radius 3 is 2.47 bits per heavy atom. The molecule has 190 valence electrons. The molecule has 0 spiro atoms. The Morgan fingerprint density at radius 2 is 1.81 bits per heavy atom. The van der Waals surface area contributed by atoms with Gasteiger partial charge in [0.15, 0.2) is 12.6 Å². The second-order valence-electron chi connectivity index (χ2n) is 8.09. The molecule has 4 rings (SSSR count). The van der Waals surface area contributed by atoms with Crippen molar-refractivity contribution >= 4 is 28.6 Å². The normalized spacial score (nSPS) is 23.8. The van der Waals surface area contributed by atoms with Gasteiger partial charge in [0.1, 0.15) is 29.5 Å². The van der Waals surface area contributed by atoms with Crippen LogP contribution < -0.4 is 14.8 Å². The number of β-lactam (4-membered cyclic amide) rings is 1. The largest absolute Gasteiger partial charge is 0.504 e. The van der Waals surface area contributed by atoms with Crippen molar-refractivity contribution in [3.05, 3.63) is 72.0 Å². The zero-order chi connectivity index (χ0) is 25.7. The van der Waals surface area contributed by atoms with Crippen LogP contribution in [0.5, 0.6) is 11.5 Å². The first-order valence-electron chi connectivity index (χ1n) is 11.1. The van der Waals surface area contributed by atoms with Crippen molar-refractivity contribution in [2.75, 3.05) is 26.6 Å². The van der Waals surface area contributed by atoms with Gasteiger partial charge in [0.25, 0.3) is 5.91 Å². The summed E-state index contributed by atoms with van der Waals surface area (Å²) in [6.07, 6.45) is 1.31. The van der Waals surface area contributed by atoms with E-state index in [1.807, 2.05) is 6.07 Å². The average Bonchev–Trinajstić information content (AvgIpc) is 2.90. The number of carbonyl (C=O) groups excluding carboxylic acids is 3. The molecule has 0 bridgehead atoms. The van der Waals surface area contributed by atoms with Crippen LogP contribution >= 0.6 is 0 Å². The Labute approximate surface area is 210 Å². The molecule has 0 radical (unpaired) electrons. The number of amides is 2. The Hall–Kier alpha value is -3.86. The van der Waals surface area contributed by atoms with E-state index in [4.69, 9.17) is 18.9 Å². The highest BCUT2D eigenvalue weighted by atomic mass is 32.2. The maximum absolute atomic E-state index is 13.1. The lowest BCUT2D eigenvalue weighted by molar-refractivity contribution is -0.164. The number of hydrogen-bond acceptors (Lipinski definition) is 8. The monoisotopic (exact) mass is 514 g/mol. The summed E-state index contributed by atoms with van der Waals surface area (Å²) < 4.78 is 34.0. The molecule has 0 saturated carbocycles. The quantitative estimate of drug-likeness (QED) is 0.300. The van der Waals surface area contributed by atoms with Gasteiger partial charge < -0.3 is 29.2 Å². The number of carbonyl (C=O) groups is 3. The van der Waals surface area contributed by atoms with E-state index in [0.717, 1.165) is 5.56 Å². The van der Waals surface area contributed by atoms with E-state index in [0.29, 0.717) is 17.1 Å². The van der Waals surface area contributed by atoms with Crippen LogP contribution in [0, 0.1) is 0 Å². The predicted octanol–water partition coefficient (Wildman–Crippen LogP) is 1.13. The molecular weight excluding hydrogens is 488 g/mol. The van der Waals surface area contributed by atoms with Gasteiger partial charge in [-0.15, -0.1) is 0 Å². The van der Waals surface area contributed by atoms with Crippen molar-refractivity contribution in [2.24, 2.45) is 0 Å². The Kier molecular flexibility index (Phi) is 7.89. The standard InChI is InChI=1S/C25H26N2O8S/c1-32-13-17-15-36(31)24-21(26-20(28)14-34-19-6-4-3-5-7-19)23(29)27(24)22(17)25(30)35-12-16-8-10-18(33-2)11-9-16/h3-11,13,21-22,24H,12,14-15H2,1-2H3,(H,26,28)/b17-13+/t21-,22-,24-,36?/m1/s1. The second kappa shape index (κ2) is 11.3. The predicted molar refractivity (Wildman–Crippen MR) is 129 cm³/mol. The van der Waals surface area contributed by atoms with Crippen molar-refractivity contribution in [2.45, 2.75) is 24.1 Å². The van der Waals surface area contributed by atoms with Crippen LogP contribution in [0.3, 0.4) is 0 Å². The average molecular weight is 515 g/mol. The fourth-order valence-electron chi connectivity index (χ4n) is 4.03. The summed E-state index contributed by atoms with van der Waals surface area (Å²) in [5.74, 6) is -0.579. The number of esters is 1. The third-order valence-corrected chi connectivity index (χ3v) is 7.41. The van der Waals surface area contributed by atoms with Crippen LogP contribution in [-0.4, -0.2) is 70.9 Å². The molecule has 2 aliphatic rings. The summed E-state index contributed by atoms with van der Waals surface area (Å²) in [6.45, 7) is -0.332. The van der Waals surface area contributed by atoms with E-state index in [2.05, 4.69) is 5.32 Å². The SMILES string of the molecule is CO/C=C1\CS(=O)[C@@H]2[C@H](NC(=O)COc3ccccc3)C(=O)N2[C@H]1C(=O)OCc1ccc(OC)cc1. The van der Waals surface area contributed by atoms with Crippen LogP contribution in [-0.2, 0) is 41.3 Å². The summed E-state index contributed by atoms with van der Waals surface area (Å²) in [7, 11) is 1.38. The van der Waals surface area contributed by atoms with Gasteiger partial charge >= 0.3 is 5.97 Å². The molecule has 2 amide bonds. The summed E-state index contributed by atoms with van der Waals surface area (Å²) in [5, 5.41) is 1.71. The molecule has 2 aromatic carbocycles. The van der Waals surface area contributed by atoms with Gasteiger partial charge in [0, 0.05) is 5.57 Å². The van der Waals surface area contributed by atoms with E-state index in [-0.39, 0.29) is 19.0 Å². The van der Waals surface area contributed by atoms with Gasteiger partial charge in [-0.05, 0) is 29.8 Å². The van der Waals surface area contributed by atoms with Gasteiger partial charge in [-0.3, -0.25) is 13.8 Å². The topological polar surface area (TPSA) is 120 Å². The van der Waals surface area contributed by atoms with Gasteiger partial charge in [0.2, 0.25) is 5.91 Å². The molecule has 1 unspecified atom stereocenters. The number of nitrogens with one attached hydrogen (secondary N) is 1. The van der Waals surface area contributed by atoms with Gasteiger partial charge in [-0.1, -0.05) is 30.3 Å². The number of benzene rings is 2. The third-order valence-electron chi connectivity index (χ3n) is 5.75.